The summed E-state index contributed by atoms with van der Waals surface area (Å²) in [5.41, 5.74) is 0.801. The third kappa shape index (κ3) is 3.53. The maximum atomic E-state index is 5.07. The van der Waals surface area contributed by atoms with Gasteiger partial charge in [0, 0.05) is 6.07 Å². The van der Waals surface area contributed by atoms with Crippen molar-refractivity contribution in [2.75, 3.05) is 7.11 Å². The van der Waals surface area contributed by atoms with Gasteiger partial charge in [-0.25, -0.2) is 4.57 Å². The lowest BCUT2D eigenvalue weighted by molar-refractivity contribution is -0.658. The summed E-state index contributed by atoms with van der Waals surface area (Å²) in [6.45, 7) is 0. The number of hydrogen-bond acceptors (Lipinski definition) is 3. The van der Waals surface area contributed by atoms with E-state index in [0.717, 1.165) is 17.3 Å². The number of ether oxygens (including phenoxy) is 1. The average Bonchev–Trinajstić information content (AvgIpc) is 2.38. The van der Waals surface area contributed by atoms with Gasteiger partial charge >= 0.3 is 5.82 Å². The van der Waals surface area contributed by atoms with Crippen LogP contribution in [0.3, 0.4) is 0 Å². The predicted octanol–water partition coefficient (Wildman–Crippen LogP) is -0.0609. The summed E-state index contributed by atoms with van der Waals surface area (Å²) in [4.78, 5) is 0. The largest absolute Gasteiger partial charge is 1.00 e. The minimum absolute atomic E-state index is 0. The Morgan fingerprint density at radius 1 is 1.00 bits per heavy atom. The number of pyridine rings is 1. The lowest BCUT2D eigenvalue weighted by Crippen LogP contribution is -3.00. The van der Waals surface area contributed by atoms with Crippen LogP contribution in [0.15, 0.2) is 58.9 Å². The average molecular weight is 264 g/mol. The molecule has 2 aromatic rings. The van der Waals surface area contributed by atoms with Crippen LogP contribution < -0.4 is 21.7 Å². The molecule has 0 unspecified atom stereocenters. The smallest absolute Gasteiger partial charge is 0.350 e. The van der Waals surface area contributed by atoms with Crippen LogP contribution in [0.25, 0.3) is 0 Å². The number of rotatable bonds is 3. The van der Waals surface area contributed by atoms with Crippen LogP contribution in [0.4, 0.5) is 11.5 Å². The number of hydrogen-bond donors (Lipinski definition) is 0. The Balaban J connectivity index is 0.00000162. The molecule has 0 saturated heterocycles. The number of aryl methyl sites for hydroxylation is 1. The Morgan fingerprint density at radius 2 is 1.72 bits per heavy atom. The number of azo groups is 1. The lowest BCUT2D eigenvalue weighted by atomic mass is 10.3. The molecule has 1 aromatic carbocycles. The number of benzene rings is 1. The highest BCUT2D eigenvalue weighted by atomic mass is 35.5. The van der Waals surface area contributed by atoms with Gasteiger partial charge in [-0.3, -0.25) is 0 Å². The van der Waals surface area contributed by atoms with Crippen molar-refractivity contribution in [2.24, 2.45) is 17.3 Å². The molecule has 0 radical (unpaired) electrons. The summed E-state index contributed by atoms with van der Waals surface area (Å²) in [5.74, 6) is 1.62. The fourth-order valence-corrected chi connectivity index (χ4v) is 1.38. The number of aromatic nitrogens is 1. The van der Waals surface area contributed by atoms with Crippen molar-refractivity contribution in [3.63, 3.8) is 0 Å². The van der Waals surface area contributed by atoms with Crippen molar-refractivity contribution in [3.05, 3.63) is 48.7 Å². The zero-order chi connectivity index (χ0) is 12.1. The molecule has 2 rings (SSSR count). The second kappa shape index (κ2) is 6.71. The van der Waals surface area contributed by atoms with Gasteiger partial charge in [-0.2, -0.15) is 0 Å². The SMILES string of the molecule is COc1ccc(/N=N/c2cccc[n+]2C)cc1.[Cl-]. The summed E-state index contributed by atoms with van der Waals surface area (Å²) in [6, 6.07) is 13.2. The van der Waals surface area contributed by atoms with Crippen molar-refractivity contribution in [1.82, 2.24) is 0 Å². The van der Waals surface area contributed by atoms with Crippen molar-refractivity contribution in [2.45, 2.75) is 0 Å². The lowest BCUT2D eigenvalue weighted by Gasteiger charge is -1.96. The highest BCUT2D eigenvalue weighted by Crippen LogP contribution is 2.19. The van der Waals surface area contributed by atoms with Crippen LogP contribution in [0.2, 0.25) is 0 Å². The first kappa shape index (κ1) is 14.1. The molecule has 5 heteroatoms. The minimum Gasteiger partial charge on any atom is -1.00 e. The molecule has 0 aliphatic heterocycles. The van der Waals surface area contributed by atoms with E-state index < -0.39 is 0 Å². The summed E-state index contributed by atoms with van der Waals surface area (Å²) < 4.78 is 6.98. The monoisotopic (exact) mass is 263 g/mol. The van der Waals surface area contributed by atoms with E-state index >= 15 is 0 Å². The molecule has 0 atom stereocenters. The molecular weight excluding hydrogens is 250 g/mol. The Kier molecular flexibility index (Phi) is 5.27. The van der Waals surface area contributed by atoms with Gasteiger partial charge in [0.05, 0.1) is 25.5 Å². The molecule has 4 nitrogen and oxygen atoms in total. The van der Waals surface area contributed by atoms with Crippen LogP contribution in [0.5, 0.6) is 5.75 Å². The Morgan fingerprint density at radius 3 is 2.33 bits per heavy atom. The first-order valence-corrected chi connectivity index (χ1v) is 5.30. The third-order valence-corrected chi connectivity index (χ3v) is 2.37. The van der Waals surface area contributed by atoms with Crippen molar-refractivity contribution >= 4 is 11.5 Å². The fourth-order valence-electron chi connectivity index (χ4n) is 1.38. The molecule has 18 heavy (non-hydrogen) atoms. The fraction of sp³-hybridized carbons (Fsp3) is 0.154. The van der Waals surface area contributed by atoms with E-state index in [1.54, 1.807) is 7.11 Å². The molecule has 0 fully saturated rings. The van der Waals surface area contributed by atoms with Gasteiger partial charge in [0.25, 0.3) is 0 Å². The van der Waals surface area contributed by atoms with Gasteiger partial charge in [-0.05, 0) is 35.4 Å². The van der Waals surface area contributed by atoms with Gasteiger partial charge < -0.3 is 17.1 Å². The molecular formula is C13H14ClN3O. The second-order valence-corrected chi connectivity index (χ2v) is 3.57. The molecule has 0 bridgehead atoms. The standard InChI is InChI=1S/C13H14N3O.ClH/c1-16-10-4-3-5-13(16)15-14-11-6-8-12(17-2)9-7-11;/h3-10H,1-2H3;1H/q+1;/p-1. The Labute approximate surface area is 112 Å². The minimum atomic E-state index is 0. The topological polar surface area (TPSA) is 37.8 Å². The van der Waals surface area contributed by atoms with Crippen LogP contribution in [-0.2, 0) is 7.05 Å². The van der Waals surface area contributed by atoms with Crippen molar-refractivity contribution < 1.29 is 21.7 Å². The molecule has 1 aromatic heterocycles. The van der Waals surface area contributed by atoms with E-state index in [9.17, 15) is 0 Å². The number of nitrogens with zero attached hydrogens (tertiary/aromatic N) is 3. The maximum Gasteiger partial charge on any atom is 0.350 e. The van der Waals surface area contributed by atoms with Gasteiger partial charge in [0.1, 0.15) is 11.4 Å². The van der Waals surface area contributed by atoms with Crippen LogP contribution in [0, 0.1) is 0 Å². The molecule has 0 spiro atoms. The van der Waals surface area contributed by atoms with Gasteiger partial charge in [0.2, 0.25) is 0 Å². The van der Waals surface area contributed by atoms with Crippen LogP contribution in [-0.4, -0.2) is 7.11 Å². The van der Waals surface area contributed by atoms with E-state index in [-0.39, 0.29) is 12.4 Å². The van der Waals surface area contributed by atoms with E-state index in [1.807, 2.05) is 60.3 Å². The van der Waals surface area contributed by atoms with E-state index in [1.165, 1.54) is 0 Å². The molecule has 94 valence electrons. The van der Waals surface area contributed by atoms with E-state index in [2.05, 4.69) is 10.2 Å². The van der Waals surface area contributed by atoms with E-state index in [4.69, 9.17) is 4.74 Å². The van der Waals surface area contributed by atoms with Gasteiger partial charge in [-0.15, -0.1) is 0 Å². The molecule has 0 amide bonds. The van der Waals surface area contributed by atoms with Gasteiger partial charge in [0.15, 0.2) is 0 Å². The van der Waals surface area contributed by atoms with E-state index in [0.29, 0.717) is 0 Å². The molecule has 1 heterocycles. The van der Waals surface area contributed by atoms with Crippen molar-refractivity contribution in [3.8, 4) is 5.75 Å². The second-order valence-electron chi connectivity index (χ2n) is 3.57. The Bertz CT molecular complexity index is 526. The van der Waals surface area contributed by atoms with Crippen molar-refractivity contribution in [1.29, 1.82) is 0 Å². The zero-order valence-electron chi connectivity index (χ0n) is 10.2. The summed E-state index contributed by atoms with van der Waals surface area (Å²) in [5, 5.41) is 8.34. The molecule has 0 saturated carbocycles. The summed E-state index contributed by atoms with van der Waals surface area (Å²) >= 11 is 0. The molecule has 0 aliphatic carbocycles. The zero-order valence-corrected chi connectivity index (χ0v) is 11.0. The summed E-state index contributed by atoms with van der Waals surface area (Å²) in [6.07, 6.45) is 1.93. The van der Waals surface area contributed by atoms with Gasteiger partial charge in [-0.1, -0.05) is 6.07 Å². The maximum absolute atomic E-state index is 5.07. The number of halogens is 1. The number of methoxy groups -OCH3 is 1. The normalized spacial score (nSPS) is 10.1. The highest BCUT2D eigenvalue weighted by molar-refractivity contribution is 5.41. The van der Waals surface area contributed by atoms with Crippen LogP contribution >= 0.6 is 0 Å². The first-order valence-electron chi connectivity index (χ1n) is 5.30. The predicted molar refractivity (Wildman–Crippen MR) is 64.8 cm³/mol. The van der Waals surface area contributed by atoms with Crippen LogP contribution in [0.1, 0.15) is 0 Å². The summed E-state index contributed by atoms with van der Waals surface area (Å²) in [7, 11) is 3.57. The third-order valence-electron chi connectivity index (χ3n) is 2.37. The highest BCUT2D eigenvalue weighted by Gasteiger charge is 2.03. The Hall–Kier alpha value is -1.94. The molecule has 0 aliphatic rings. The quantitative estimate of drug-likeness (QED) is 0.565. The molecule has 0 N–H and O–H groups in total. The first-order chi connectivity index (χ1) is 8.29.